The van der Waals surface area contributed by atoms with E-state index >= 15 is 0 Å². The van der Waals surface area contributed by atoms with Gasteiger partial charge in [0.05, 0.1) is 23.3 Å². The van der Waals surface area contributed by atoms with E-state index in [0.717, 1.165) is 0 Å². The number of hydrogen-bond acceptors (Lipinski definition) is 7. The molecule has 1 fully saturated rings. The smallest absolute Gasteiger partial charge is 0.338 e. The maximum absolute atomic E-state index is 12.7. The molecule has 4 rings (SSSR count). The van der Waals surface area contributed by atoms with Crippen molar-refractivity contribution in [2.75, 3.05) is 13.2 Å². The maximum Gasteiger partial charge on any atom is 0.338 e. The zero-order valence-corrected chi connectivity index (χ0v) is 18.4. The van der Waals surface area contributed by atoms with Crippen molar-refractivity contribution in [3.8, 4) is 0 Å². The molecule has 174 valence electrons. The highest BCUT2D eigenvalue weighted by molar-refractivity contribution is 5.90. The third kappa shape index (κ3) is 6.08. The summed E-state index contributed by atoms with van der Waals surface area (Å²) in [4.78, 5) is 37.5. The van der Waals surface area contributed by atoms with Crippen LogP contribution in [0.1, 0.15) is 37.5 Å². The van der Waals surface area contributed by atoms with E-state index in [2.05, 4.69) is 0 Å². The molecule has 0 aliphatic carbocycles. The van der Waals surface area contributed by atoms with Crippen LogP contribution in [0.3, 0.4) is 0 Å². The van der Waals surface area contributed by atoms with Crippen LogP contribution in [-0.4, -0.2) is 49.4 Å². The van der Waals surface area contributed by atoms with Crippen LogP contribution in [0.15, 0.2) is 91.0 Å². The molecule has 1 saturated heterocycles. The summed E-state index contributed by atoms with van der Waals surface area (Å²) in [5.74, 6) is -1.53. The Labute approximate surface area is 197 Å². The van der Waals surface area contributed by atoms with Gasteiger partial charge in [0, 0.05) is 6.42 Å². The van der Waals surface area contributed by atoms with Crippen molar-refractivity contribution in [1.29, 1.82) is 0 Å². The number of carbonyl (C=O) groups is 3. The molecule has 34 heavy (non-hydrogen) atoms. The average Bonchev–Trinajstić information content (AvgIpc) is 2.89. The van der Waals surface area contributed by atoms with Crippen molar-refractivity contribution in [2.24, 2.45) is 0 Å². The van der Waals surface area contributed by atoms with Crippen LogP contribution in [0.25, 0.3) is 0 Å². The zero-order valence-electron chi connectivity index (χ0n) is 18.4. The molecule has 0 unspecified atom stereocenters. The SMILES string of the molecule is O=C(OC[C@H]1OC[C@H](OC(=O)c2ccccc2)C[C@@H]1OC(=O)c1ccccc1)c1ccccc1. The molecule has 0 saturated carbocycles. The lowest BCUT2D eigenvalue weighted by Crippen LogP contribution is -2.47. The summed E-state index contributed by atoms with van der Waals surface area (Å²) in [6, 6.07) is 25.7. The van der Waals surface area contributed by atoms with Crippen LogP contribution in [0, 0.1) is 0 Å². The molecule has 0 radical (unpaired) electrons. The van der Waals surface area contributed by atoms with Crippen molar-refractivity contribution in [3.63, 3.8) is 0 Å². The van der Waals surface area contributed by atoms with Crippen molar-refractivity contribution in [1.82, 2.24) is 0 Å². The first-order chi connectivity index (χ1) is 16.6. The number of carbonyl (C=O) groups excluding carboxylic acids is 3. The molecule has 0 bridgehead atoms. The van der Waals surface area contributed by atoms with Gasteiger partial charge in [-0.2, -0.15) is 0 Å². The normalized spacial score (nSPS) is 19.6. The van der Waals surface area contributed by atoms with Crippen LogP contribution < -0.4 is 0 Å². The summed E-state index contributed by atoms with van der Waals surface area (Å²) in [5.41, 5.74) is 1.20. The van der Waals surface area contributed by atoms with E-state index < -0.39 is 36.2 Å². The molecule has 1 aliphatic heterocycles. The van der Waals surface area contributed by atoms with Gasteiger partial charge in [-0.05, 0) is 36.4 Å². The Balaban J connectivity index is 1.42. The Morgan fingerprint density at radius 1 is 0.676 bits per heavy atom. The van der Waals surface area contributed by atoms with Gasteiger partial charge >= 0.3 is 17.9 Å². The van der Waals surface area contributed by atoms with Gasteiger partial charge in [0.2, 0.25) is 0 Å². The molecule has 3 aromatic rings. The molecule has 7 heteroatoms. The van der Waals surface area contributed by atoms with Gasteiger partial charge in [0.1, 0.15) is 24.9 Å². The predicted molar refractivity (Wildman–Crippen MR) is 122 cm³/mol. The van der Waals surface area contributed by atoms with Crippen molar-refractivity contribution in [3.05, 3.63) is 108 Å². The molecule has 1 aliphatic rings. The summed E-state index contributed by atoms with van der Waals surface area (Å²) < 4.78 is 22.5. The van der Waals surface area contributed by atoms with E-state index in [-0.39, 0.29) is 19.6 Å². The van der Waals surface area contributed by atoms with E-state index in [1.165, 1.54) is 0 Å². The molecular weight excluding hydrogens is 436 g/mol. The Morgan fingerprint density at radius 3 is 1.68 bits per heavy atom. The lowest BCUT2D eigenvalue weighted by molar-refractivity contribution is -0.142. The number of benzene rings is 3. The Morgan fingerprint density at radius 2 is 1.15 bits per heavy atom. The Kier molecular flexibility index (Phi) is 7.67. The molecule has 3 atom stereocenters. The quantitative estimate of drug-likeness (QED) is 0.388. The predicted octanol–water partition coefficient (Wildman–Crippen LogP) is 4.08. The Hall–Kier alpha value is -3.97. The highest BCUT2D eigenvalue weighted by atomic mass is 16.6. The Bertz CT molecular complexity index is 1100. The summed E-state index contributed by atoms with van der Waals surface area (Å²) >= 11 is 0. The fourth-order valence-corrected chi connectivity index (χ4v) is 3.57. The second kappa shape index (κ2) is 11.2. The van der Waals surface area contributed by atoms with Crippen molar-refractivity contribution in [2.45, 2.75) is 24.7 Å². The maximum atomic E-state index is 12.7. The van der Waals surface area contributed by atoms with E-state index in [0.29, 0.717) is 16.7 Å². The third-order valence-electron chi connectivity index (χ3n) is 5.35. The first-order valence-corrected chi connectivity index (χ1v) is 11.0. The molecule has 0 amide bonds. The highest BCUT2D eigenvalue weighted by Crippen LogP contribution is 2.23. The topological polar surface area (TPSA) is 88.1 Å². The van der Waals surface area contributed by atoms with E-state index in [4.69, 9.17) is 18.9 Å². The van der Waals surface area contributed by atoms with E-state index in [1.807, 2.05) is 0 Å². The largest absolute Gasteiger partial charge is 0.459 e. The van der Waals surface area contributed by atoms with Gasteiger partial charge < -0.3 is 18.9 Å². The number of esters is 3. The fourth-order valence-electron chi connectivity index (χ4n) is 3.57. The third-order valence-corrected chi connectivity index (χ3v) is 5.35. The summed E-state index contributed by atoms with van der Waals surface area (Å²) in [7, 11) is 0. The number of ether oxygens (including phenoxy) is 4. The van der Waals surface area contributed by atoms with Crippen molar-refractivity contribution < 1.29 is 33.3 Å². The number of rotatable bonds is 7. The van der Waals surface area contributed by atoms with Gasteiger partial charge in [0.25, 0.3) is 0 Å². The molecule has 1 heterocycles. The first kappa shape index (κ1) is 23.2. The van der Waals surface area contributed by atoms with Gasteiger partial charge in [-0.1, -0.05) is 54.6 Å². The van der Waals surface area contributed by atoms with Crippen LogP contribution in [0.2, 0.25) is 0 Å². The average molecular weight is 460 g/mol. The molecule has 3 aromatic carbocycles. The van der Waals surface area contributed by atoms with E-state index in [9.17, 15) is 14.4 Å². The van der Waals surface area contributed by atoms with Gasteiger partial charge in [0.15, 0.2) is 0 Å². The summed E-state index contributed by atoms with van der Waals surface area (Å²) in [5, 5.41) is 0. The van der Waals surface area contributed by atoms with Crippen LogP contribution in [0.4, 0.5) is 0 Å². The van der Waals surface area contributed by atoms with Crippen LogP contribution in [-0.2, 0) is 18.9 Å². The van der Waals surface area contributed by atoms with Crippen LogP contribution >= 0.6 is 0 Å². The fraction of sp³-hybridized carbons (Fsp3) is 0.222. The highest BCUT2D eigenvalue weighted by Gasteiger charge is 2.37. The summed E-state index contributed by atoms with van der Waals surface area (Å²) in [6.07, 6.45) is -1.89. The van der Waals surface area contributed by atoms with Crippen molar-refractivity contribution >= 4 is 17.9 Å². The van der Waals surface area contributed by atoms with Gasteiger partial charge in [-0.3, -0.25) is 0 Å². The first-order valence-electron chi connectivity index (χ1n) is 11.0. The lowest BCUT2D eigenvalue weighted by Gasteiger charge is -2.35. The second-order valence-corrected chi connectivity index (χ2v) is 7.78. The second-order valence-electron chi connectivity index (χ2n) is 7.78. The lowest BCUT2D eigenvalue weighted by atomic mass is 10.0. The minimum absolute atomic E-state index is 0.0888. The zero-order chi connectivity index (χ0) is 23.8. The monoisotopic (exact) mass is 460 g/mol. The summed E-state index contributed by atoms with van der Waals surface area (Å²) in [6.45, 7) is -0.0225. The van der Waals surface area contributed by atoms with Crippen LogP contribution in [0.5, 0.6) is 0 Å². The standard InChI is InChI=1S/C27H24O7/c28-25(19-10-4-1-5-11-19)32-18-24-23(34-27(30)21-14-8-3-9-15-21)16-22(17-31-24)33-26(29)20-12-6-2-7-13-20/h1-15,22-24H,16-18H2/t22-,23+,24-/m1/s1. The molecule has 0 aromatic heterocycles. The molecular formula is C27H24O7. The minimum atomic E-state index is -0.779. The minimum Gasteiger partial charge on any atom is -0.459 e. The molecule has 0 spiro atoms. The van der Waals surface area contributed by atoms with E-state index in [1.54, 1.807) is 91.0 Å². The van der Waals surface area contributed by atoms with Gasteiger partial charge in [-0.25, -0.2) is 14.4 Å². The molecule has 7 nitrogen and oxygen atoms in total. The number of hydrogen-bond donors (Lipinski definition) is 0. The van der Waals surface area contributed by atoms with Gasteiger partial charge in [-0.15, -0.1) is 0 Å². The molecule has 0 N–H and O–H groups in total.